The summed E-state index contributed by atoms with van der Waals surface area (Å²) in [5, 5.41) is 0. The first kappa shape index (κ1) is 16.6. The van der Waals surface area contributed by atoms with Crippen molar-refractivity contribution in [2.45, 2.75) is 19.8 Å². The van der Waals surface area contributed by atoms with Crippen LogP contribution in [0.1, 0.15) is 50.8 Å². The lowest BCUT2D eigenvalue weighted by atomic mass is 9.85. The lowest BCUT2D eigenvalue weighted by Crippen LogP contribution is -2.24. The number of amides is 1. The van der Waals surface area contributed by atoms with Crippen LogP contribution >= 0.6 is 0 Å². The Morgan fingerprint density at radius 3 is 2.32 bits per heavy atom. The third-order valence-electron chi connectivity index (χ3n) is 4.24. The van der Waals surface area contributed by atoms with E-state index >= 15 is 0 Å². The molecule has 0 bridgehead atoms. The number of allylic oxidation sites excluding steroid dienone is 1. The van der Waals surface area contributed by atoms with Crippen molar-refractivity contribution in [3.05, 3.63) is 76.4 Å². The van der Waals surface area contributed by atoms with E-state index in [1.165, 1.54) is 5.56 Å². The summed E-state index contributed by atoms with van der Waals surface area (Å²) >= 11 is 0. The summed E-state index contributed by atoms with van der Waals surface area (Å²) in [6.07, 6.45) is 4.00. The molecule has 2 aromatic carbocycles. The average molecular weight is 333 g/mol. The van der Waals surface area contributed by atoms with E-state index < -0.39 is 5.91 Å². The van der Waals surface area contributed by atoms with Crippen LogP contribution in [0.2, 0.25) is 0 Å². The number of benzene rings is 2. The van der Waals surface area contributed by atoms with Gasteiger partial charge in [-0.25, -0.2) is 0 Å². The summed E-state index contributed by atoms with van der Waals surface area (Å²) in [4.78, 5) is 27.2. The van der Waals surface area contributed by atoms with E-state index in [9.17, 15) is 9.59 Å². The number of hydrogen-bond donors (Lipinski definition) is 2. The topological polar surface area (TPSA) is 98.5 Å². The summed E-state index contributed by atoms with van der Waals surface area (Å²) in [7, 11) is 0. The van der Waals surface area contributed by atoms with Crippen LogP contribution in [0.3, 0.4) is 0 Å². The third-order valence-corrected chi connectivity index (χ3v) is 4.24. The largest absolute Gasteiger partial charge is 0.370 e. The molecule has 0 unspecified atom stereocenters. The van der Waals surface area contributed by atoms with E-state index in [0.717, 1.165) is 29.5 Å². The minimum Gasteiger partial charge on any atom is -0.370 e. The summed E-state index contributed by atoms with van der Waals surface area (Å²) in [5.74, 6) is -0.673. The zero-order chi connectivity index (χ0) is 18.0. The van der Waals surface area contributed by atoms with Crippen molar-refractivity contribution in [1.29, 1.82) is 0 Å². The molecule has 25 heavy (non-hydrogen) atoms. The minimum absolute atomic E-state index is 0.0368. The van der Waals surface area contributed by atoms with E-state index in [1.807, 2.05) is 36.4 Å². The van der Waals surface area contributed by atoms with Gasteiger partial charge in [0.15, 0.2) is 11.7 Å². The van der Waals surface area contributed by atoms with Crippen LogP contribution in [0.15, 0.2) is 53.5 Å². The van der Waals surface area contributed by atoms with E-state index in [0.29, 0.717) is 11.1 Å². The molecule has 1 aliphatic carbocycles. The second-order valence-corrected chi connectivity index (χ2v) is 6.00. The molecule has 0 aliphatic heterocycles. The van der Waals surface area contributed by atoms with Crippen molar-refractivity contribution in [1.82, 2.24) is 0 Å². The van der Waals surface area contributed by atoms with Crippen molar-refractivity contribution in [3.8, 4) is 0 Å². The Balaban J connectivity index is 2.02. The van der Waals surface area contributed by atoms with E-state index in [-0.39, 0.29) is 11.7 Å². The van der Waals surface area contributed by atoms with Gasteiger partial charge in [-0.3, -0.25) is 9.59 Å². The molecule has 1 aliphatic rings. The highest BCUT2D eigenvalue weighted by molar-refractivity contribution is 6.03. The maximum absolute atomic E-state index is 12.1. The molecule has 5 heteroatoms. The van der Waals surface area contributed by atoms with Crippen LogP contribution in [-0.4, -0.2) is 17.6 Å². The molecule has 0 saturated carbocycles. The van der Waals surface area contributed by atoms with Crippen LogP contribution in [0.4, 0.5) is 0 Å². The normalized spacial score (nSPS) is 12.8. The number of rotatable bonds is 3. The molecule has 3 rings (SSSR count). The van der Waals surface area contributed by atoms with Crippen molar-refractivity contribution in [2.24, 2.45) is 16.5 Å². The van der Waals surface area contributed by atoms with Gasteiger partial charge >= 0.3 is 0 Å². The highest BCUT2D eigenvalue weighted by Gasteiger charge is 2.17. The SMILES string of the molecule is CC(=O)c1ccc(C2=CCCc3ccc(C(=O)N=C(N)N)cc32)cc1. The molecular formula is C20H19N3O2. The molecular weight excluding hydrogens is 314 g/mol. The van der Waals surface area contributed by atoms with Crippen molar-refractivity contribution in [3.63, 3.8) is 0 Å². The number of nitrogens with two attached hydrogens (primary N) is 2. The van der Waals surface area contributed by atoms with Crippen molar-refractivity contribution in [2.75, 3.05) is 0 Å². The first-order valence-electron chi connectivity index (χ1n) is 8.04. The van der Waals surface area contributed by atoms with Gasteiger partial charge in [-0.1, -0.05) is 36.4 Å². The van der Waals surface area contributed by atoms with Gasteiger partial charge in [0.1, 0.15) is 0 Å². The van der Waals surface area contributed by atoms with Gasteiger partial charge in [0, 0.05) is 11.1 Å². The molecule has 126 valence electrons. The Hall–Kier alpha value is -3.21. The molecule has 5 nitrogen and oxygen atoms in total. The number of nitrogens with zero attached hydrogens (tertiary/aromatic N) is 1. The molecule has 0 saturated heterocycles. The molecule has 4 N–H and O–H groups in total. The zero-order valence-corrected chi connectivity index (χ0v) is 14.0. The monoisotopic (exact) mass is 333 g/mol. The summed E-state index contributed by atoms with van der Waals surface area (Å²) in [6.45, 7) is 1.55. The summed E-state index contributed by atoms with van der Waals surface area (Å²) < 4.78 is 0. The fourth-order valence-electron chi connectivity index (χ4n) is 3.00. The second-order valence-electron chi connectivity index (χ2n) is 6.00. The number of guanidine groups is 1. The fraction of sp³-hybridized carbons (Fsp3) is 0.150. The van der Waals surface area contributed by atoms with Crippen LogP contribution in [0, 0.1) is 0 Å². The first-order valence-corrected chi connectivity index (χ1v) is 8.04. The number of hydrogen-bond acceptors (Lipinski definition) is 2. The molecule has 0 spiro atoms. The highest BCUT2D eigenvalue weighted by atomic mass is 16.1. The zero-order valence-electron chi connectivity index (χ0n) is 14.0. The third kappa shape index (κ3) is 3.50. The van der Waals surface area contributed by atoms with Crippen LogP contribution in [-0.2, 0) is 6.42 Å². The van der Waals surface area contributed by atoms with Gasteiger partial charge in [0.05, 0.1) is 0 Å². The number of aliphatic imine (C=N–C) groups is 1. The number of fused-ring (bicyclic) bond motifs is 1. The van der Waals surface area contributed by atoms with Gasteiger partial charge in [0.25, 0.3) is 5.91 Å². The number of Topliss-reactive ketones (excluding diaryl/α,β-unsaturated/α-hetero) is 1. The van der Waals surface area contributed by atoms with Crippen molar-refractivity contribution < 1.29 is 9.59 Å². The van der Waals surface area contributed by atoms with Gasteiger partial charge < -0.3 is 11.5 Å². The number of carbonyl (C=O) groups is 2. The highest BCUT2D eigenvalue weighted by Crippen LogP contribution is 2.32. The molecule has 1 amide bonds. The van der Waals surface area contributed by atoms with E-state index in [4.69, 9.17) is 11.5 Å². The summed E-state index contributed by atoms with van der Waals surface area (Å²) in [5.41, 5.74) is 15.9. The average Bonchev–Trinajstić information content (AvgIpc) is 2.60. The molecule has 2 aromatic rings. The lowest BCUT2D eigenvalue weighted by molar-refractivity contribution is 0.0998. The number of aryl methyl sites for hydroxylation is 1. The van der Waals surface area contributed by atoms with Crippen LogP contribution in [0.5, 0.6) is 0 Å². The Bertz CT molecular complexity index is 905. The Kier molecular flexibility index (Phi) is 4.48. The Labute approximate surface area is 146 Å². The Morgan fingerprint density at radius 1 is 1.00 bits per heavy atom. The molecule has 0 aromatic heterocycles. The van der Waals surface area contributed by atoms with E-state index in [2.05, 4.69) is 11.1 Å². The standard InChI is InChI=1S/C20H19N3O2/c1-12(24)13-5-7-15(8-6-13)17-4-2-3-14-9-10-16(11-18(14)17)19(25)23-20(21)22/h4-11H,2-3H2,1H3,(H4,21,22,23,25). The molecule has 0 radical (unpaired) electrons. The van der Waals surface area contributed by atoms with Gasteiger partial charge in [-0.15, -0.1) is 0 Å². The smallest absolute Gasteiger partial charge is 0.280 e. The predicted molar refractivity (Wildman–Crippen MR) is 98.4 cm³/mol. The molecule has 0 atom stereocenters. The maximum atomic E-state index is 12.1. The Morgan fingerprint density at radius 2 is 1.68 bits per heavy atom. The first-order chi connectivity index (χ1) is 12.0. The van der Waals surface area contributed by atoms with Gasteiger partial charge in [0.2, 0.25) is 0 Å². The fourth-order valence-corrected chi connectivity index (χ4v) is 3.00. The minimum atomic E-state index is -0.459. The maximum Gasteiger partial charge on any atom is 0.280 e. The van der Waals surface area contributed by atoms with Crippen LogP contribution in [0.25, 0.3) is 5.57 Å². The van der Waals surface area contributed by atoms with Crippen molar-refractivity contribution >= 4 is 23.2 Å². The van der Waals surface area contributed by atoms with Crippen LogP contribution < -0.4 is 11.5 Å². The summed E-state index contributed by atoms with van der Waals surface area (Å²) in [6, 6.07) is 13.0. The van der Waals surface area contributed by atoms with Gasteiger partial charge in [-0.2, -0.15) is 4.99 Å². The predicted octanol–water partition coefficient (Wildman–Crippen LogP) is 2.68. The second kappa shape index (κ2) is 6.73. The molecule has 0 fully saturated rings. The molecule has 0 heterocycles. The quantitative estimate of drug-likeness (QED) is 0.512. The number of ketones is 1. The lowest BCUT2D eigenvalue weighted by Gasteiger charge is -2.19. The van der Waals surface area contributed by atoms with E-state index in [1.54, 1.807) is 13.0 Å². The van der Waals surface area contributed by atoms with Gasteiger partial charge in [-0.05, 0) is 54.2 Å². The number of carbonyl (C=O) groups excluding carboxylic acids is 2.